The van der Waals surface area contributed by atoms with Gasteiger partial charge in [0.05, 0.1) is 23.6 Å². The number of pyridine rings is 1. The molecule has 3 aromatic rings. The lowest BCUT2D eigenvalue weighted by Crippen LogP contribution is -2.25. The molecule has 0 aliphatic rings. The Kier molecular flexibility index (Phi) is 4.70. The molecule has 1 N–H and O–H groups in total. The monoisotopic (exact) mass is 320 g/mol. The molecule has 3 rings (SSSR count). The van der Waals surface area contributed by atoms with E-state index < -0.39 is 0 Å². The van der Waals surface area contributed by atoms with Crippen LogP contribution < -0.4 is 5.32 Å². The molecule has 0 aliphatic carbocycles. The lowest BCUT2D eigenvalue weighted by molar-refractivity contribution is 0.0942. The minimum Gasteiger partial charge on any atom is -0.345 e. The number of hydrogen-bond acceptors (Lipinski definition) is 3. The Morgan fingerprint density at radius 1 is 1.12 bits per heavy atom. The van der Waals surface area contributed by atoms with E-state index in [1.807, 2.05) is 54.6 Å². The third-order valence-electron chi connectivity index (χ3n) is 3.71. The second-order valence-corrected chi connectivity index (χ2v) is 5.86. The normalized spacial score (nSPS) is 10.8. The van der Waals surface area contributed by atoms with Gasteiger partial charge >= 0.3 is 0 Å². The molecule has 122 valence electrons. The second kappa shape index (κ2) is 7.08. The summed E-state index contributed by atoms with van der Waals surface area (Å²) >= 11 is 0. The summed E-state index contributed by atoms with van der Waals surface area (Å²) in [5, 5.41) is 7.51. The van der Waals surface area contributed by atoms with E-state index in [1.165, 1.54) is 0 Å². The van der Waals surface area contributed by atoms with Crippen molar-refractivity contribution in [1.29, 1.82) is 0 Å². The predicted octanol–water partition coefficient (Wildman–Crippen LogP) is 3.32. The lowest BCUT2D eigenvalue weighted by atomic mass is 10.1. The molecule has 2 aromatic heterocycles. The Morgan fingerprint density at radius 2 is 1.88 bits per heavy atom. The minimum absolute atomic E-state index is 0.163. The number of carbonyl (C=O) groups is 1. The van der Waals surface area contributed by atoms with Gasteiger partial charge in [-0.2, -0.15) is 5.10 Å². The Labute approximate surface area is 141 Å². The number of hydrogen-bond donors (Lipinski definition) is 1. The molecule has 0 saturated carbocycles. The summed E-state index contributed by atoms with van der Waals surface area (Å²) in [5.74, 6) is 0.0845. The first-order chi connectivity index (χ1) is 11.6. The van der Waals surface area contributed by atoms with E-state index in [2.05, 4.69) is 29.2 Å². The maximum Gasteiger partial charge on any atom is 0.270 e. The van der Waals surface area contributed by atoms with Crippen molar-refractivity contribution < 1.29 is 4.79 Å². The molecule has 2 heterocycles. The highest BCUT2D eigenvalue weighted by Crippen LogP contribution is 2.18. The molecule has 0 spiro atoms. The molecular formula is C19H20N4O. The van der Waals surface area contributed by atoms with Crippen LogP contribution in [-0.2, 0) is 6.54 Å². The molecule has 0 saturated heterocycles. The van der Waals surface area contributed by atoms with Gasteiger partial charge in [-0.3, -0.25) is 9.78 Å². The summed E-state index contributed by atoms with van der Waals surface area (Å²) in [6.45, 7) is 4.51. The van der Waals surface area contributed by atoms with Gasteiger partial charge in [-0.25, -0.2) is 4.68 Å². The third-order valence-corrected chi connectivity index (χ3v) is 3.71. The Morgan fingerprint density at radius 3 is 2.54 bits per heavy atom. The van der Waals surface area contributed by atoms with Crippen molar-refractivity contribution in [3.8, 4) is 5.69 Å². The quantitative estimate of drug-likeness (QED) is 0.784. The van der Waals surface area contributed by atoms with Crippen LogP contribution in [0.1, 0.15) is 41.6 Å². The molecule has 0 radical (unpaired) electrons. The van der Waals surface area contributed by atoms with E-state index in [1.54, 1.807) is 10.9 Å². The van der Waals surface area contributed by atoms with Crippen LogP contribution in [0.4, 0.5) is 0 Å². The van der Waals surface area contributed by atoms with Crippen LogP contribution in [0.2, 0.25) is 0 Å². The second-order valence-electron chi connectivity index (χ2n) is 5.86. The average Bonchev–Trinajstić information content (AvgIpc) is 3.07. The smallest absolute Gasteiger partial charge is 0.270 e. The van der Waals surface area contributed by atoms with Gasteiger partial charge in [0.2, 0.25) is 0 Å². The van der Waals surface area contributed by atoms with Crippen molar-refractivity contribution in [2.75, 3.05) is 0 Å². The summed E-state index contributed by atoms with van der Waals surface area (Å²) in [4.78, 5) is 16.9. The van der Waals surface area contributed by atoms with Crippen LogP contribution in [0.5, 0.6) is 0 Å². The van der Waals surface area contributed by atoms with Gasteiger partial charge in [-0.1, -0.05) is 38.1 Å². The fourth-order valence-electron chi connectivity index (χ4n) is 2.37. The van der Waals surface area contributed by atoms with Crippen molar-refractivity contribution in [3.05, 3.63) is 77.9 Å². The molecule has 1 amide bonds. The van der Waals surface area contributed by atoms with E-state index in [9.17, 15) is 4.79 Å². The molecule has 0 aliphatic heterocycles. The van der Waals surface area contributed by atoms with E-state index in [4.69, 9.17) is 0 Å². The van der Waals surface area contributed by atoms with Crippen molar-refractivity contribution in [2.24, 2.45) is 0 Å². The molecule has 0 bridgehead atoms. The minimum atomic E-state index is -0.163. The summed E-state index contributed by atoms with van der Waals surface area (Å²) in [5.41, 5.74) is 3.11. The number of carbonyl (C=O) groups excluding carboxylic acids is 1. The van der Waals surface area contributed by atoms with Crippen molar-refractivity contribution >= 4 is 5.91 Å². The van der Waals surface area contributed by atoms with Crippen LogP contribution >= 0.6 is 0 Å². The van der Waals surface area contributed by atoms with Crippen LogP contribution in [0.25, 0.3) is 5.69 Å². The molecule has 1 aromatic carbocycles. The highest BCUT2D eigenvalue weighted by Gasteiger charge is 2.18. The first-order valence-corrected chi connectivity index (χ1v) is 7.98. The predicted molar refractivity (Wildman–Crippen MR) is 93.1 cm³/mol. The molecule has 5 heteroatoms. The number of nitrogens with one attached hydrogen (secondary N) is 1. The van der Waals surface area contributed by atoms with Crippen molar-refractivity contribution in [3.63, 3.8) is 0 Å². The van der Waals surface area contributed by atoms with Gasteiger partial charge in [0.25, 0.3) is 5.91 Å². The van der Waals surface area contributed by atoms with E-state index in [0.717, 1.165) is 17.1 Å². The maximum absolute atomic E-state index is 12.6. The summed E-state index contributed by atoms with van der Waals surface area (Å²) in [7, 11) is 0. The molecule has 0 fully saturated rings. The van der Waals surface area contributed by atoms with Gasteiger partial charge in [0, 0.05) is 6.20 Å². The van der Waals surface area contributed by atoms with Gasteiger partial charge in [-0.15, -0.1) is 0 Å². The summed E-state index contributed by atoms with van der Waals surface area (Å²) < 4.78 is 1.70. The van der Waals surface area contributed by atoms with E-state index in [-0.39, 0.29) is 11.8 Å². The van der Waals surface area contributed by atoms with Gasteiger partial charge in [-0.05, 0) is 36.2 Å². The first kappa shape index (κ1) is 15.9. The SMILES string of the molecule is CC(C)c1cc(C(=O)NCc2ccccn2)n(-c2ccccc2)n1. The standard InChI is InChI=1S/C19H20N4O/c1-14(2)17-12-18(23(22-17)16-9-4-3-5-10-16)19(24)21-13-15-8-6-7-11-20-15/h3-12,14H,13H2,1-2H3,(H,21,24). The topological polar surface area (TPSA) is 59.8 Å². The third kappa shape index (κ3) is 3.51. The summed E-state index contributed by atoms with van der Waals surface area (Å²) in [6.07, 6.45) is 1.71. The first-order valence-electron chi connectivity index (χ1n) is 7.98. The number of aromatic nitrogens is 3. The zero-order valence-electron chi connectivity index (χ0n) is 13.8. The molecule has 0 unspecified atom stereocenters. The Balaban J connectivity index is 1.87. The van der Waals surface area contributed by atoms with Crippen LogP contribution in [0, 0.1) is 0 Å². The number of amides is 1. The molecule has 24 heavy (non-hydrogen) atoms. The highest BCUT2D eigenvalue weighted by atomic mass is 16.2. The zero-order chi connectivity index (χ0) is 16.9. The average molecular weight is 320 g/mol. The molecule has 5 nitrogen and oxygen atoms in total. The van der Waals surface area contributed by atoms with E-state index >= 15 is 0 Å². The van der Waals surface area contributed by atoms with Gasteiger partial charge in [0.1, 0.15) is 5.69 Å². The molecular weight excluding hydrogens is 300 g/mol. The van der Waals surface area contributed by atoms with Crippen molar-refractivity contribution in [1.82, 2.24) is 20.1 Å². The molecule has 0 atom stereocenters. The van der Waals surface area contributed by atoms with E-state index in [0.29, 0.717) is 12.2 Å². The lowest BCUT2D eigenvalue weighted by Gasteiger charge is -2.08. The number of rotatable bonds is 5. The fourth-order valence-corrected chi connectivity index (χ4v) is 2.37. The largest absolute Gasteiger partial charge is 0.345 e. The number of nitrogens with zero attached hydrogens (tertiary/aromatic N) is 3. The van der Waals surface area contributed by atoms with Crippen molar-refractivity contribution in [2.45, 2.75) is 26.3 Å². The number of para-hydroxylation sites is 1. The summed E-state index contributed by atoms with van der Waals surface area (Å²) in [6, 6.07) is 17.2. The van der Waals surface area contributed by atoms with Gasteiger partial charge < -0.3 is 5.32 Å². The maximum atomic E-state index is 12.6. The zero-order valence-corrected chi connectivity index (χ0v) is 13.8. The number of benzene rings is 1. The Bertz CT molecular complexity index is 810. The van der Waals surface area contributed by atoms with Crippen LogP contribution in [0.3, 0.4) is 0 Å². The van der Waals surface area contributed by atoms with Crippen LogP contribution in [-0.4, -0.2) is 20.7 Å². The van der Waals surface area contributed by atoms with Crippen LogP contribution in [0.15, 0.2) is 60.8 Å². The highest BCUT2D eigenvalue weighted by molar-refractivity contribution is 5.93. The fraction of sp³-hybridized carbons (Fsp3) is 0.211. The Hall–Kier alpha value is -2.95. The van der Waals surface area contributed by atoms with Gasteiger partial charge in [0.15, 0.2) is 0 Å².